The van der Waals surface area contributed by atoms with Gasteiger partial charge in [0.15, 0.2) is 0 Å². The highest BCUT2D eigenvalue weighted by Gasteiger charge is 2.09. The van der Waals surface area contributed by atoms with E-state index in [9.17, 15) is 4.39 Å². The first kappa shape index (κ1) is 13.6. The normalized spacial score (nSPS) is 11.7. The first-order valence-corrected chi connectivity index (χ1v) is 6.61. The summed E-state index contributed by atoms with van der Waals surface area (Å²) in [5, 5.41) is 12.2. The van der Waals surface area contributed by atoms with E-state index < -0.39 is 5.82 Å². The van der Waals surface area contributed by atoms with Crippen molar-refractivity contribution in [3.05, 3.63) is 63.9 Å². The van der Waals surface area contributed by atoms with E-state index in [1.165, 1.54) is 12.1 Å². The van der Waals surface area contributed by atoms with Gasteiger partial charge in [-0.2, -0.15) is 5.26 Å². The smallest absolute Gasteiger partial charge is 0.124 e. The summed E-state index contributed by atoms with van der Waals surface area (Å²) in [6.07, 6.45) is 0. The molecule has 2 aromatic carbocycles. The largest absolute Gasteiger partial charge is 0.377 e. The van der Waals surface area contributed by atoms with E-state index in [0.29, 0.717) is 11.3 Å². The van der Waals surface area contributed by atoms with Crippen LogP contribution in [0.25, 0.3) is 0 Å². The fraction of sp³-hybridized carbons (Fsp3) is 0.133. The third kappa shape index (κ3) is 3.33. The van der Waals surface area contributed by atoms with Gasteiger partial charge in [-0.05, 0) is 42.8 Å². The molecule has 0 aromatic heterocycles. The number of rotatable bonds is 3. The Morgan fingerprint density at radius 3 is 2.74 bits per heavy atom. The van der Waals surface area contributed by atoms with Crippen molar-refractivity contribution in [2.75, 3.05) is 5.32 Å². The van der Waals surface area contributed by atoms with Crippen molar-refractivity contribution in [1.82, 2.24) is 0 Å². The first-order chi connectivity index (χ1) is 9.10. The van der Waals surface area contributed by atoms with E-state index in [1.807, 2.05) is 37.3 Å². The minimum Gasteiger partial charge on any atom is -0.377 e. The van der Waals surface area contributed by atoms with Gasteiger partial charge in [-0.25, -0.2) is 4.39 Å². The Morgan fingerprint density at radius 2 is 2.05 bits per heavy atom. The predicted molar refractivity (Wildman–Crippen MR) is 77.3 cm³/mol. The van der Waals surface area contributed by atoms with E-state index in [-0.39, 0.29) is 6.04 Å². The van der Waals surface area contributed by atoms with Crippen molar-refractivity contribution in [3.63, 3.8) is 0 Å². The molecule has 0 radical (unpaired) electrons. The highest BCUT2D eigenvalue weighted by molar-refractivity contribution is 9.10. The number of nitrogens with one attached hydrogen (secondary N) is 1. The molecule has 19 heavy (non-hydrogen) atoms. The van der Waals surface area contributed by atoms with Crippen LogP contribution in [0, 0.1) is 17.1 Å². The van der Waals surface area contributed by atoms with E-state index in [2.05, 4.69) is 21.2 Å². The van der Waals surface area contributed by atoms with Gasteiger partial charge in [0.1, 0.15) is 11.9 Å². The average Bonchev–Trinajstić information content (AvgIpc) is 2.40. The summed E-state index contributed by atoms with van der Waals surface area (Å²) >= 11 is 3.42. The van der Waals surface area contributed by atoms with Crippen LogP contribution in [-0.4, -0.2) is 0 Å². The lowest BCUT2D eigenvalue weighted by Gasteiger charge is -2.17. The molecule has 0 aliphatic carbocycles. The lowest BCUT2D eigenvalue weighted by molar-refractivity contribution is 0.627. The third-order valence-corrected chi connectivity index (χ3v) is 3.32. The van der Waals surface area contributed by atoms with Gasteiger partial charge in [0.05, 0.1) is 11.3 Å². The molecule has 0 amide bonds. The Hall–Kier alpha value is -1.86. The summed E-state index contributed by atoms with van der Waals surface area (Å²) in [6.45, 7) is 1.99. The number of hydrogen-bond donors (Lipinski definition) is 1. The molecule has 0 aliphatic heterocycles. The Morgan fingerprint density at radius 1 is 1.26 bits per heavy atom. The van der Waals surface area contributed by atoms with Gasteiger partial charge in [-0.3, -0.25) is 0 Å². The van der Waals surface area contributed by atoms with Crippen molar-refractivity contribution < 1.29 is 4.39 Å². The van der Waals surface area contributed by atoms with Crippen LogP contribution in [0.5, 0.6) is 0 Å². The maximum absolute atomic E-state index is 13.1. The van der Waals surface area contributed by atoms with E-state index in [1.54, 1.807) is 6.07 Å². The van der Waals surface area contributed by atoms with Gasteiger partial charge in [0.2, 0.25) is 0 Å². The van der Waals surface area contributed by atoms with Crippen LogP contribution in [0.4, 0.5) is 10.1 Å². The van der Waals surface area contributed by atoms with Gasteiger partial charge in [-0.1, -0.05) is 28.1 Å². The molecule has 0 bridgehead atoms. The van der Waals surface area contributed by atoms with Crippen molar-refractivity contribution in [2.24, 2.45) is 0 Å². The molecule has 0 saturated carbocycles. The molecule has 2 rings (SSSR count). The molecule has 0 fully saturated rings. The van der Waals surface area contributed by atoms with Crippen LogP contribution < -0.4 is 5.32 Å². The van der Waals surface area contributed by atoms with Gasteiger partial charge in [-0.15, -0.1) is 0 Å². The van der Waals surface area contributed by atoms with E-state index in [4.69, 9.17) is 5.26 Å². The second-order valence-electron chi connectivity index (χ2n) is 4.22. The molecule has 1 N–H and O–H groups in total. The number of nitriles is 1. The van der Waals surface area contributed by atoms with Crippen LogP contribution in [0.3, 0.4) is 0 Å². The minimum atomic E-state index is -0.405. The van der Waals surface area contributed by atoms with Crippen LogP contribution in [0.1, 0.15) is 24.1 Å². The summed E-state index contributed by atoms with van der Waals surface area (Å²) in [5.74, 6) is -0.405. The molecule has 0 saturated heterocycles. The van der Waals surface area contributed by atoms with Gasteiger partial charge in [0, 0.05) is 10.5 Å². The van der Waals surface area contributed by atoms with Crippen LogP contribution in [-0.2, 0) is 0 Å². The van der Waals surface area contributed by atoms with Crippen molar-refractivity contribution in [2.45, 2.75) is 13.0 Å². The second kappa shape index (κ2) is 5.85. The van der Waals surface area contributed by atoms with E-state index in [0.717, 1.165) is 10.0 Å². The first-order valence-electron chi connectivity index (χ1n) is 5.82. The fourth-order valence-corrected chi connectivity index (χ4v) is 2.24. The fourth-order valence-electron chi connectivity index (χ4n) is 1.83. The topological polar surface area (TPSA) is 35.8 Å². The quantitative estimate of drug-likeness (QED) is 0.895. The van der Waals surface area contributed by atoms with Gasteiger partial charge >= 0.3 is 0 Å². The standard InChI is InChI=1S/C15H12BrFN2/c1-10(11-3-2-4-13(16)7-11)19-15-6-5-14(17)8-12(15)9-18/h2-8,10,19H,1H3. The number of halogens is 2. The highest BCUT2D eigenvalue weighted by Crippen LogP contribution is 2.24. The molecular weight excluding hydrogens is 307 g/mol. The average molecular weight is 319 g/mol. The lowest BCUT2D eigenvalue weighted by atomic mass is 10.1. The maximum Gasteiger partial charge on any atom is 0.124 e. The number of benzene rings is 2. The highest BCUT2D eigenvalue weighted by atomic mass is 79.9. The Labute approximate surface area is 120 Å². The molecule has 0 spiro atoms. The van der Waals surface area contributed by atoms with Crippen molar-refractivity contribution in [1.29, 1.82) is 5.26 Å². The molecule has 1 atom stereocenters. The summed E-state index contributed by atoms with van der Waals surface area (Å²) in [6, 6.07) is 14.1. The molecule has 2 nitrogen and oxygen atoms in total. The van der Waals surface area contributed by atoms with Crippen LogP contribution >= 0.6 is 15.9 Å². The lowest BCUT2D eigenvalue weighted by Crippen LogP contribution is -2.08. The third-order valence-electron chi connectivity index (χ3n) is 2.82. The summed E-state index contributed by atoms with van der Waals surface area (Å²) < 4.78 is 14.1. The summed E-state index contributed by atoms with van der Waals surface area (Å²) in [7, 11) is 0. The Bertz CT molecular complexity index is 634. The van der Waals surface area contributed by atoms with E-state index >= 15 is 0 Å². The molecule has 0 aliphatic rings. The molecular formula is C15H12BrFN2. The number of anilines is 1. The van der Waals surface area contributed by atoms with Gasteiger partial charge < -0.3 is 5.32 Å². The van der Waals surface area contributed by atoms with Gasteiger partial charge in [0.25, 0.3) is 0 Å². The Kier molecular flexibility index (Phi) is 4.18. The minimum absolute atomic E-state index is 0.0232. The van der Waals surface area contributed by atoms with Crippen molar-refractivity contribution >= 4 is 21.6 Å². The molecule has 2 aromatic rings. The number of nitrogens with zero attached hydrogens (tertiary/aromatic N) is 1. The van der Waals surface area contributed by atoms with Crippen molar-refractivity contribution in [3.8, 4) is 6.07 Å². The van der Waals surface area contributed by atoms with Crippen LogP contribution in [0.15, 0.2) is 46.9 Å². The zero-order valence-corrected chi connectivity index (χ0v) is 11.9. The zero-order chi connectivity index (χ0) is 13.8. The molecule has 0 heterocycles. The predicted octanol–water partition coefficient (Wildman–Crippen LogP) is 4.63. The molecule has 96 valence electrons. The monoisotopic (exact) mass is 318 g/mol. The molecule has 1 unspecified atom stereocenters. The van der Waals surface area contributed by atoms with Crippen LogP contribution in [0.2, 0.25) is 0 Å². The SMILES string of the molecule is CC(Nc1ccc(F)cc1C#N)c1cccc(Br)c1. The second-order valence-corrected chi connectivity index (χ2v) is 5.14. The maximum atomic E-state index is 13.1. The number of hydrogen-bond acceptors (Lipinski definition) is 2. The zero-order valence-electron chi connectivity index (χ0n) is 10.3. The molecule has 4 heteroatoms. The summed E-state index contributed by atoms with van der Waals surface area (Å²) in [4.78, 5) is 0. The summed E-state index contributed by atoms with van der Waals surface area (Å²) in [5.41, 5.74) is 2.03. The Balaban J connectivity index is 2.24.